The molecule has 1 fully saturated rings. The van der Waals surface area contributed by atoms with Crippen molar-refractivity contribution in [1.82, 2.24) is 14.4 Å². The maximum atomic E-state index is 4.69. The van der Waals surface area contributed by atoms with E-state index in [4.69, 9.17) is 4.98 Å². The van der Waals surface area contributed by atoms with Crippen LogP contribution < -0.4 is 9.80 Å². The number of aromatic nitrogens is 3. The molecule has 106 valence electrons. The number of hydrogen-bond donors (Lipinski definition) is 0. The average Bonchev–Trinajstić information content (AvgIpc) is 3.00. The fourth-order valence-corrected chi connectivity index (χ4v) is 2.81. The summed E-state index contributed by atoms with van der Waals surface area (Å²) in [5, 5.41) is 0. The van der Waals surface area contributed by atoms with Crippen LogP contribution in [0.4, 0.5) is 11.5 Å². The summed E-state index contributed by atoms with van der Waals surface area (Å²) < 4.78 is 2.07. The topological polar surface area (TPSA) is 36.7 Å². The molecular formula is C16H17N5. The molecule has 0 radical (unpaired) electrons. The van der Waals surface area contributed by atoms with E-state index in [0.717, 1.165) is 37.6 Å². The summed E-state index contributed by atoms with van der Waals surface area (Å²) in [5.41, 5.74) is 2.20. The fraction of sp³-hybridized carbons (Fsp3) is 0.250. The van der Waals surface area contributed by atoms with E-state index >= 15 is 0 Å². The van der Waals surface area contributed by atoms with Gasteiger partial charge in [-0.15, -0.1) is 0 Å². The number of rotatable bonds is 2. The number of piperazine rings is 1. The van der Waals surface area contributed by atoms with Gasteiger partial charge in [-0.3, -0.25) is 4.98 Å². The van der Waals surface area contributed by atoms with Gasteiger partial charge in [0, 0.05) is 38.6 Å². The molecule has 0 bridgehead atoms. The Bertz CT molecular complexity index is 696. The van der Waals surface area contributed by atoms with Gasteiger partial charge in [0.2, 0.25) is 0 Å². The van der Waals surface area contributed by atoms with Crippen molar-refractivity contribution in [1.29, 1.82) is 0 Å². The van der Waals surface area contributed by atoms with Crippen molar-refractivity contribution in [3.8, 4) is 0 Å². The summed E-state index contributed by atoms with van der Waals surface area (Å²) in [5.74, 6) is 1.06. The first kappa shape index (κ1) is 12.2. The second kappa shape index (κ2) is 5.09. The van der Waals surface area contributed by atoms with Gasteiger partial charge in [-0.25, -0.2) is 4.98 Å². The third-order valence-electron chi connectivity index (χ3n) is 3.97. The lowest BCUT2D eigenvalue weighted by Gasteiger charge is -2.35. The molecule has 0 amide bonds. The Balaban J connectivity index is 1.50. The van der Waals surface area contributed by atoms with Crippen LogP contribution >= 0.6 is 0 Å². The van der Waals surface area contributed by atoms with Crippen LogP contribution in [-0.4, -0.2) is 40.5 Å². The zero-order valence-corrected chi connectivity index (χ0v) is 11.8. The zero-order valence-electron chi connectivity index (χ0n) is 11.8. The van der Waals surface area contributed by atoms with Gasteiger partial charge in [0.1, 0.15) is 11.5 Å². The quantitative estimate of drug-likeness (QED) is 0.719. The van der Waals surface area contributed by atoms with Gasteiger partial charge < -0.3 is 14.2 Å². The number of fused-ring (bicyclic) bond motifs is 1. The van der Waals surface area contributed by atoms with Gasteiger partial charge in [0.15, 0.2) is 0 Å². The van der Waals surface area contributed by atoms with E-state index in [9.17, 15) is 0 Å². The number of nitrogens with zero attached hydrogens (tertiary/aromatic N) is 5. The van der Waals surface area contributed by atoms with Gasteiger partial charge in [-0.05, 0) is 24.3 Å². The largest absolute Gasteiger partial charge is 0.367 e. The number of imidazole rings is 1. The Hall–Kier alpha value is -2.56. The van der Waals surface area contributed by atoms with Crippen LogP contribution in [0.5, 0.6) is 0 Å². The van der Waals surface area contributed by atoms with Crippen LogP contribution in [0.25, 0.3) is 5.65 Å². The highest BCUT2D eigenvalue weighted by Gasteiger charge is 2.19. The second-order valence-electron chi connectivity index (χ2n) is 5.25. The number of hydrogen-bond acceptors (Lipinski definition) is 4. The highest BCUT2D eigenvalue weighted by Crippen LogP contribution is 2.19. The lowest BCUT2D eigenvalue weighted by atomic mass is 10.3. The first-order chi connectivity index (χ1) is 10.4. The van der Waals surface area contributed by atoms with Gasteiger partial charge in [0.25, 0.3) is 0 Å². The summed E-state index contributed by atoms with van der Waals surface area (Å²) >= 11 is 0. The van der Waals surface area contributed by atoms with E-state index in [1.165, 1.54) is 5.69 Å². The molecule has 3 aromatic heterocycles. The molecule has 0 atom stereocenters. The standard InChI is InChI=1S/C16H17N5/c1-2-7-21-13-16(18-15(21)5-1)20-10-8-19(9-11-20)14-4-3-6-17-12-14/h1-7,12-13H,8-11H2. The number of anilines is 2. The van der Waals surface area contributed by atoms with Crippen molar-refractivity contribution in [2.24, 2.45) is 0 Å². The molecule has 4 heterocycles. The summed E-state index contributed by atoms with van der Waals surface area (Å²) in [7, 11) is 0. The maximum absolute atomic E-state index is 4.69. The second-order valence-corrected chi connectivity index (χ2v) is 5.25. The van der Waals surface area contributed by atoms with E-state index in [1.807, 2.05) is 42.9 Å². The summed E-state index contributed by atoms with van der Waals surface area (Å²) in [6.45, 7) is 3.97. The molecule has 0 unspecified atom stereocenters. The Morgan fingerprint density at radius 1 is 0.905 bits per heavy atom. The van der Waals surface area contributed by atoms with Crippen molar-refractivity contribution < 1.29 is 0 Å². The van der Waals surface area contributed by atoms with E-state index in [-0.39, 0.29) is 0 Å². The molecular weight excluding hydrogens is 262 g/mol. The predicted octanol–water partition coefficient (Wildman–Crippen LogP) is 2.06. The first-order valence-electron chi connectivity index (χ1n) is 7.24. The Morgan fingerprint density at radius 3 is 2.52 bits per heavy atom. The van der Waals surface area contributed by atoms with Gasteiger partial charge >= 0.3 is 0 Å². The predicted molar refractivity (Wildman–Crippen MR) is 83.9 cm³/mol. The lowest BCUT2D eigenvalue weighted by molar-refractivity contribution is 0.648. The third kappa shape index (κ3) is 2.31. The van der Waals surface area contributed by atoms with Crippen LogP contribution in [0.1, 0.15) is 0 Å². The van der Waals surface area contributed by atoms with Crippen molar-refractivity contribution >= 4 is 17.2 Å². The molecule has 0 saturated carbocycles. The molecule has 0 N–H and O–H groups in total. The van der Waals surface area contributed by atoms with Crippen molar-refractivity contribution in [2.45, 2.75) is 0 Å². The molecule has 1 saturated heterocycles. The summed E-state index contributed by atoms with van der Waals surface area (Å²) in [6.07, 6.45) is 7.89. The summed E-state index contributed by atoms with van der Waals surface area (Å²) in [6, 6.07) is 10.2. The third-order valence-corrected chi connectivity index (χ3v) is 3.97. The molecule has 5 heteroatoms. The van der Waals surface area contributed by atoms with Crippen molar-refractivity contribution in [2.75, 3.05) is 36.0 Å². The lowest BCUT2D eigenvalue weighted by Crippen LogP contribution is -2.46. The summed E-state index contributed by atoms with van der Waals surface area (Å²) in [4.78, 5) is 13.6. The minimum atomic E-state index is 0.985. The smallest absolute Gasteiger partial charge is 0.147 e. The van der Waals surface area contributed by atoms with Crippen molar-refractivity contribution in [3.05, 3.63) is 55.1 Å². The Kier molecular flexibility index (Phi) is 2.96. The van der Waals surface area contributed by atoms with Crippen LogP contribution in [0.2, 0.25) is 0 Å². The average molecular weight is 279 g/mol. The molecule has 3 aromatic rings. The zero-order chi connectivity index (χ0) is 14.1. The molecule has 0 spiro atoms. The molecule has 0 aliphatic carbocycles. The molecule has 5 nitrogen and oxygen atoms in total. The highest BCUT2D eigenvalue weighted by molar-refractivity contribution is 5.52. The van der Waals surface area contributed by atoms with E-state index in [0.29, 0.717) is 0 Å². The van der Waals surface area contributed by atoms with E-state index in [2.05, 4.69) is 31.4 Å². The molecule has 1 aliphatic rings. The highest BCUT2D eigenvalue weighted by atomic mass is 15.3. The van der Waals surface area contributed by atoms with Crippen LogP contribution in [0.15, 0.2) is 55.1 Å². The van der Waals surface area contributed by atoms with Crippen LogP contribution in [0, 0.1) is 0 Å². The Labute approximate surface area is 123 Å². The first-order valence-corrected chi connectivity index (χ1v) is 7.24. The maximum Gasteiger partial charge on any atom is 0.147 e. The van der Waals surface area contributed by atoms with Gasteiger partial charge in [-0.2, -0.15) is 0 Å². The van der Waals surface area contributed by atoms with Gasteiger partial charge in [0.05, 0.1) is 18.1 Å². The fourth-order valence-electron chi connectivity index (χ4n) is 2.81. The normalized spacial score (nSPS) is 15.6. The SMILES string of the molecule is c1cncc(N2CCN(c3cn4ccccc4n3)CC2)c1. The molecule has 1 aliphatic heterocycles. The Morgan fingerprint density at radius 2 is 1.76 bits per heavy atom. The molecule has 4 rings (SSSR count). The van der Waals surface area contributed by atoms with Crippen LogP contribution in [0.3, 0.4) is 0 Å². The van der Waals surface area contributed by atoms with Crippen LogP contribution in [-0.2, 0) is 0 Å². The van der Waals surface area contributed by atoms with E-state index < -0.39 is 0 Å². The minimum Gasteiger partial charge on any atom is -0.367 e. The molecule has 21 heavy (non-hydrogen) atoms. The monoisotopic (exact) mass is 279 g/mol. The minimum absolute atomic E-state index is 0.985. The molecule has 0 aromatic carbocycles. The number of pyridine rings is 2. The van der Waals surface area contributed by atoms with Gasteiger partial charge in [-0.1, -0.05) is 6.07 Å². The van der Waals surface area contributed by atoms with E-state index in [1.54, 1.807) is 0 Å². The van der Waals surface area contributed by atoms with Crippen molar-refractivity contribution in [3.63, 3.8) is 0 Å².